The molecule has 6 heteroatoms. The number of benzene rings is 5. The lowest BCUT2D eigenvalue weighted by Gasteiger charge is -2.14. The van der Waals surface area contributed by atoms with E-state index < -0.39 is 0 Å². The lowest BCUT2D eigenvalue weighted by atomic mass is 9.94. The molecule has 0 fully saturated rings. The summed E-state index contributed by atoms with van der Waals surface area (Å²) in [6, 6.07) is 43.8. The van der Waals surface area contributed by atoms with Crippen LogP contribution >= 0.6 is 0 Å². The number of rotatable bonds is 3. The van der Waals surface area contributed by atoms with Gasteiger partial charge >= 0.3 is 0 Å². The second kappa shape index (κ2) is 9.99. The molecule has 5 aromatic carbocycles. The first kappa shape index (κ1) is 25.8. The third kappa shape index (κ3) is 3.95. The third-order valence-corrected chi connectivity index (χ3v) is 9.07. The van der Waals surface area contributed by atoms with Crippen molar-refractivity contribution in [2.75, 3.05) is 0 Å². The topological polar surface area (TPSA) is 68.9 Å². The van der Waals surface area contributed by atoms with Crippen molar-refractivity contribution in [3.8, 4) is 33.9 Å². The zero-order chi connectivity index (χ0) is 30.9. The molecule has 47 heavy (non-hydrogen) atoms. The van der Waals surface area contributed by atoms with Crippen LogP contribution in [0.3, 0.4) is 0 Å². The highest BCUT2D eigenvalue weighted by atomic mass is 15.0. The number of imidazole rings is 1. The molecule has 0 saturated carbocycles. The standard InChI is InChI=1S/C41H24N6/c1-2-10-28-25(9-1)16-19-35-38(28)46-40(34-12-4-7-21-43-34)37(44-35)27-15-18-30-32(24-27)31-23-26(33-11-3-6-20-42-33)14-17-29(31)39-41(30)47-22-8-5-13-36(47)45-39/h1-24H. The Morgan fingerprint density at radius 1 is 0.447 bits per heavy atom. The molecule has 0 aliphatic heterocycles. The smallest absolute Gasteiger partial charge is 0.137 e. The maximum atomic E-state index is 5.30. The fraction of sp³-hybridized carbons (Fsp3) is 0. The number of fused-ring (bicyclic) bond motifs is 11. The van der Waals surface area contributed by atoms with Gasteiger partial charge in [0.15, 0.2) is 0 Å². The van der Waals surface area contributed by atoms with Gasteiger partial charge in [-0.05, 0) is 70.8 Å². The monoisotopic (exact) mass is 600 g/mol. The van der Waals surface area contributed by atoms with Crippen LogP contribution in [0.4, 0.5) is 0 Å². The highest BCUT2D eigenvalue weighted by Crippen LogP contribution is 2.40. The fourth-order valence-electron chi connectivity index (χ4n) is 6.90. The van der Waals surface area contributed by atoms with Gasteiger partial charge in [-0.25, -0.2) is 15.0 Å². The van der Waals surface area contributed by atoms with Crippen LogP contribution in [0.1, 0.15) is 0 Å². The molecule has 0 N–H and O–H groups in total. The molecule has 5 aromatic heterocycles. The van der Waals surface area contributed by atoms with E-state index in [1.807, 2.05) is 60.9 Å². The van der Waals surface area contributed by atoms with Gasteiger partial charge in [0.1, 0.15) is 11.3 Å². The SMILES string of the molecule is c1ccc(-c2ccc3c(c2)c2cc(-c4nc5ccc6ccccc6c5nc4-c4ccccn4)ccc2c2c3nc3ccccn32)nc1. The molecule has 0 atom stereocenters. The zero-order valence-corrected chi connectivity index (χ0v) is 25.0. The molecule has 10 rings (SSSR count). The van der Waals surface area contributed by atoms with Gasteiger partial charge in [-0.2, -0.15) is 0 Å². The summed E-state index contributed by atoms with van der Waals surface area (Å²) in [5.74, 6) is 0. The highest BCUT2D eigenvalue weighted by molar-refractivity contribution is 6.25. The van der Waals surface area contributed by atoms with Gasteiger partial charge in [-0.3, -0.25) is 14.4 Å². The fourth-order valence-corrected chi connectivity index (χ4v) is 6.90. The third-order valence-electron chi connectivity index (χ3n) is 9.07. The Hall–Kier alpha value is -6.53. The average molecular weight is 601 g/mol. The summed E-state index contributed by atoms with van der Waals surface area (Å²) in [6.45, 7) is 0. The van der Waals surface area contributed by atoms with Gasteiger partial charge in [0, 0.05) is 45.9 Å². The van der Waals surface area contributed by atoms with Gasteiger partial charge in [-0.15, -0.1) is 0 Å². The molecule has 0 spiro atoms. The summed E-state index contributed by atoms with van der Waals surface area (Å²) < 4.78 is 2.18. The van der Waals surface area contributed by atoms with Crippen molar-refractivity contribution in [1.82, 2.24) is 29.3 Å². The first-order valence-electron chi connectivity index (χ1n) is 15.6. The number of nitrogens with zero attached hydrogens (tertiary/aromatic N) is 6. The molecule has 0 aliphatic rings. The molecule has 0 bridgehead atoms. The molecular weight excluding hydrogens is 576 g/mol. The van der Waals surface area contributed by atoms with Crippen molar-refractivity contribution in [2.45, 2.75) is 0 Å². The summed E-state index contributed by atoms with van der Waals surface area (Å²) in [5.41, 5.74) is 9.97. The summed E-state index contributed by atoms with van der Waals surface area (Å²) in [5, 5.41) is 6.64. The number of hydrogen-bond donors (Lipinski definition) is 0. The zero-order valence-electron chi connectivity index (χ0n) is 25.0. The van der Waals surface area contributed by atoms with E-state index in [0.717, 1.165) is 93.9 Å². The Morgan fingerprint density at radius 2 is 1.19 bits per heavy atom. The van der Waals surface area contributed by atoms with E-state index in [9.17, 15) is 0 Å². The maximum absolute atomic E-state index is 5.30. The second-order valence-corrected chi connectivity index (χ2v) is 11.8. The minimum absolute atomic E-state index is 0.753. The Morgan fingerprint density at radius 3 is 2.06 bits per heavy atom. The maximum Gasteiger partial charge on any atom is 0.137 e. The molecule has 0 unspecified atom stereocenters. The van der Waals surface area contributed by atoms with Crippen molar-refractivity contribution in [2.24, 2.45) is 0 Å². The van der Waals surface area contributed by atoms with Crippen LogP contribution in [-0.4, -0.2) is 29.3 Å². The summed E-state index contributed by atoms with van der Waals surface area (Å²) in [7, 11) is 0. The molecular formula is C41H24N6. The largest absolute Gasteiger partial charge is 0.299 e. The predicted octanol–water partition coefficient (Wildman–Crippen LogP) is 9.68. The van der Waals surface area contributed by atoms with Crippen molar-refractivity contribution in [1.29, 1.82) is 0 Å². The number of pyridine rings is 3. The molecule has 5 heterocycles. The normalized spacial score (nSPS) is 11.8. The van der Waals surface area contributed by atoms with E-state index >= 15 is 0 Å². The summed E-state index contributed by atoms with van der Waals surface area (Å²) in [6.07, 6.45) is 5.73. The average Bonchev–Trinajstić information content (AvgIpc) is 3.55. The lowest BCUT2D eigenvalue weighted by molar-refractivity contribution is 1.23. The lowest BCUT2D eigenvalue weighted by Crippen LogP contribution is -1.98. The molecule has 0 aliphatic carbocycles. The van der Waals surface area contributed by atoms with Gasteiger partial charge in [0.25, 0.3) is 0 Å². The second-order valence-electron chi connectivity index (χ2n) is 11.8. The van der Waals surface area contributed by atoms with Crippen LogP contribution in [0.15, 0.2) is 146 Å². The van der Waals surface area contributed by atoms with Crippen molar-refractivity contribution in [3.63, 3.8) is 0 Å². The van der Waals surface area contributed by atoms with E-state index in [1.54, 1.807) is 0 Å². The predicted molar refractivity (Wildman–Crippen MR) is 190 cm³/mol. The Bertz CT molecular complexity index is 2840. The van der Waals surface area contributed by atoms with Crippen LogP contribution in [0.2, 0.25) is 0 Å². The van der Waals surface area contributed by atoms with Crippen LogP contribution in [0.25, 0.3) is 93.9 Å². The van der Waals surface area contributed by atoms with Crippen LogP contribution in [0, 0.1) is 0 Å². The molecule has 218 valence electrons. The molecule has 0 amide bonds. The first-order valence-corrected chi connectivity index (χ1v) is 15.6. The van der Waals surface area contributed by atoms with E-state index in [0.29, 0.717) is 0 Å². The van der Waals surface area contributed by atoms with E-state index in [-0.39, 0.29) is 0 Å². The minimum Gasteiger partial charge on any atom is -0.299 e. The van der Waals surface area contributed by atoms with Crippen LogP contribution < -0.4 is 0 Å². The van der Waals surface area contributed by atoms with E-state index in [4.69, 9.17) is 19.9 Å². The van der Waals surface area contributed by atoms with Gasteiger partial charge in [0.05, 0.1) is 39.1 Å². The molecule has 0 saturated heterocycles. The van der Waals surface area contributed by atoms with E-state index in [2.05, 4.69) is 94.4 Å². The Kier molecular flexibility index (Phi) is 5.48. The first-order chi connectivity index (χ1) is 23.3. The number of hydrogen-bond acceptors (Lipinski definition) is 5. The van der Waals surface area contributed by atoms with Crippen LogP contribution in [-0.2, 0) is 0 Å². The summed E-state index contributed by atoms with van der Waals surface area (Å²) in [4.78, 5) is 25.1. The molecule has 0 radical (unpaired) electrons. The number of aromatic nitrogens is 6. The summed E-state index contributed by atoms with van der Waals surface area (Å²) >= 11 is 0. The van der Waals surface area contributed by atoms with Gasteiger partial charge in [0.2, 0.25) is 0 Å². The Labute approximate surface area is 268 Å². The van der Waals surface area contributed by atoms with Gasteiger partial charge in [-0.1, -0.05) is 72.8 Å². The van der Waals surface area contributed by atoms with Crippen molar-refractivity contribution < 1.29 is 0 Å². The van der Waals surface area contributed by atoms with E-state index in [1.165, 1.54) is 0 Å². The molecule has 6 nitrogen and oxygen atoms in total. The van der Waals surface area contributed by atoms with Crippen molar-refractivity contribution >= 4 is 60.0 Å². The van der Waals surface area contributed by atoms with Crippen molar-refractivity contribution in [3.05, 3.63) is 146 Å². The Balaban J connectivity index is 1.32. The highest BCUT2D eigenvalue weighted by Gasteiger charge is 2.19. The minimum atomic E-state index is 0.753. The van der Waals surface area contributed by atoms with Gasteiger partial charge < -0.3 is 0 Å². The molecule has 10 aromatic rings. The van der Waals surface area contributed by atoms with Crippen LogP contribution in [0.5, 0.6) is 0 Å². The quantitative estimate of drug-likeness (QED) is 0.189.